The molecule has 9 aromatic rings. The second-order valence-electron chi connectivity index (χ2n) is 12.6. The molecule has 5 nitrogen and oxygen atoms in total. The van der Waals surface area contributed by atoms with Crippen LogP contribution in [0.1, 0.15) is 5.69 Å². The van der Waals surface area contributed by atoms with Crippen LogP contribution in [0.2, 0.25) is 0 Å². The minimum absolute atomic E-state index is 0.662. The lowest BCUT2D eigenvalue weighted by atomic mass is 9.95. The first kappa shape index (κ1) is 30.2. The van der Waals surface area contributed by atoms with Crippen molar-refractivity contribution in [2.24, 2.45) is 0 Å². The minimum atomic E-state index is 0.662. The van der Waals surface area contributed by atoms with Crippen LogP contribution in [0.4, 0.5) is 0 Å². The van der Waals surface area contributed by atoms with Gasteiger partial charge in [-0.15, -0.1) is 0 Å². The number of pyridine rings is 3. The van der Waals surface area contributed by atoms with Gasteiger partial charge in [-0.1, -0.05) is 121 Å². The van der Waals surface area contributed by atoms with E-state index in [9.17, 15) is 0 Å². The summed E-state index contributed by atoms with van der Waals surface area (Å²) in [5.74, 6) is 0.662. The molecule has 9 rings (SSSR count). The number of aromatic nitrogens is 5. The van der Waals surface area contributed by atoms with Crippen molar-refractivity contribution in [2.45, 2.75) is 6.92 Å². The number of rotatable bonds is 6. The smallest absolute Gasteiger partial charge is 0.160 e. The molecular formula is C46H31N5. The molecule has 4 aromatic heterocycles. The lowest BCUT2D eigenvalue weighted by molar-refractivity contribution is 1.16. The summed E-state index contributed by atoms with van der Waals surface area (Å²) in [5, 5.41) is 2.16. The Hall–Kier alpha value is -6.85. The minimum Gasteiger partial charge on any atom is -0.255 e. The van der Waals surface area contributed by atoms with E-state index in [1.807, 2.05) is 61.5 Å². The lowest BCUT2D eigenvalue weighted by Gasteiger charge is -2.13. The van der Waals surface area contributed by atoms with Crippen LogP contribution in [-0.2, 0) is 0 Å². The van der Waals surface area contributed by atoms with Crippen LogP contribution < -0.4 is 0 Å². The fraction of sp³-hybridized carbons (Fsp3) is 0.0217. The molecule has 0 aliphatic rings. The Bertz CT molecular complexity index is 2630. The second-order valence-corrected chi connectivity index (χ2v) is 12.6. The summed E-state index contributed by atoms with van der Waals surface area (Å²) in [4.78, 5) is 24.8. The van der Waals surface area contributed by atoms with Gasteiger partial charge in [-0.05, 0) is 71.6 Å². The predicted molar refractivity (Wildman–Crippen MR) is 208 cm³/mol. The van der Waals surface area contributed by atoms with Crippen LogP contribution in [0.15, 0.2) is 170 Å². The zero-order valence-electron chi connectivity index (χ0n) is 27.9. The average molecular weight is 654 g/mol. The summed E-state index contributed by atoms with van der Waals surface area (Å²) in [6.07, 6.45) is 1.79. The molecule has 0 atom stereocenters. The van der Waals surface area contributed by atoms with Gasteiger partial charge >= 0.3 is 0 Å². The molecule has 0 amide bonds. The first-order valence-corrected chi connectivity index (χ1v) is 17.0. The number of nitrogens with zero attached hydrogens (tertiary/aromatic N) is 5. The molecule has 0 saturated heterocycles. The molecule has 0 saturated carbocycles. The highest BCUT2D eigenvalue weighted by Crippen LogP contribution is 2.37. The van der Waals surface area contributed by atoms with E-state index in [0.29, 0.717) is 5.82 Å². The second kappa shape index (κ2) is 12.9. The summed E-state index contributed by atoms with van der Waals surface area (Å²) >= 11 is 0. The molecule has 0 aliphatic heterocycles. The zero-order valence-corrected chi connectivity index (χ0v) is 27.9. The Labute approximate surface area is 296 Å². The Morgan fingerprint density at radius 1 is 0.373 bits per heavy atom. The van der Waals surface area contributed by atoms with Crippen molar-refractivity contribution in [1.29, 1.82) is 0 Å². The SMILES string of the molecule is Cc1ccc2ccc3c(-c4ccccc4)cc(-c4cccc(-c5cccc(-c6cc(-c7ccccn7)nc(-c7ccccc7)n6)c5)c4)nc3c2n1. The Kier molecular flexibility index (Phi) is 7.63. The van der Waals surface area contributed by atoms with Crippen molar-refractivity contribution in [1.82, 2.24) is 24.9 Å². The first-order chi connectivity index (χ1) is 25.2. The maximum Gasteiger partial charge on any atom is 0.160 e. The fourth-order valence-electron chi connectivity index (χ4n) is 6.65. The van der Waals surface area contributed by atoms with Gasteiger partial charge in [0.1, 0.15) is 0 Å². The topological polar surface area (TPSA) is 64.5 Å². The Morgan fingerprint density at radius 2 is 0.980 bits per heavy atom. The van der Waals surface area contributed by atoms with E-state index in [0.717, 1.165) is 89.2 Å². The first-order valence-electron chi connectivity index (χ1n) is 17.0. The van der Waals surface area contributed by atoms with Crippen molar-refractivity contribution in [3.8, 4) is 67.5 Å². The number of fused-ring (bicyclic) bond motifs is 3. The largest absolute Gasteiger partial charge is 0.255 e. The molecule has 51 heavy (non-hydrogen) atoms. The molecule has 0 bridgehead atoms. The monoisotopic (exact) mass is 653 g/mol. The molecule has 0 N–H and O–H groups in total. The quantitative estimate of drug-likeness (QED) is 0.167. The van der Waals surface area contributed by atoms with Crippen LogP contribution >= 0.6 is 0 Å². The maximum atomic E-state index is 5.29. The number of hydrogen-bond acceptors (Lipinski definition) is 5. The van der Waals surface area contributed by atoms with E-state index in [4.69, 9.17) is 19.9 Å². The molecule has 5 aromatic carbocycles. The van der Waals surface area contributed by atoms with Gasteiger partial charge < -0.3 is 0 Å². The van der Waals surface area contributed by atoms with Crippen molar-refractivity contribution >= 4 is 21.8 Å². The number of aryl methyl sites for hydroxylation is 1. The van der Waals surface area contributed by atoms with Gasteiger partial charge in [0.2, 0.25) is 0 Å². The molecule has 0 spiro atoms. The molecule has 0 unspecified atom stereocenters. The highest BCUT2D eigenvalue weighted by molar-refractivity contribution is 6.09. The van der Waals surface area contributed by atoms with Crippen molar-refractivity contribution < 1.29 is 0 Å². The molecule has 5 heteroatoms. The normalized spacial score (nSPS) is 11.2. The highest BCUT2D eigenvalue weighted by atomic mass is 14.9. The molecule has 0 fully saturated rings. The van der Waals surface area contributed by atoms with Gasteiger partial charge in [-0.25, -0.2) is 15.0 Å². The van der Waals surface area contributed by atoms with Crippen molar-refractivity contribution in [3.05, 3.63) is 176 Å². The van der Waals surface area contributed by atoms with Crippen LogP contribution in [-0.4, -0.2) is 24.9 Å². The van der Waals surface area contributed by atoms with Crippen molar-refractivity contribution in [2.75, 3.05) is 0 Å². The van der Waals surface area contributed by atoms with Gasteiger partial charge in [0.15, 0.2) is 5.82 Å². The van der Waals surface area contributed by atoms with Gasteiger partial charge in [-0.3, -0.25) is 9.97 Å². The van der Waals surface area contributed by atoms with Gasteiger partial charge in [-0.2, -0.15) is 0 Å². The third-order valence-electron chi connectivity index (χ3n) is 9.20. The molecule has 0 aliphatic carbocycles. The highest BCUT2D eigenvalue weighted by Gasteiger charge is 2.15. The summed E-state index contributed by atoms with van der Waals surface area (Å²) < 4.78 is 0. The van der Waals surface area contributed by atoms with E-state index < -0.39 is 0 Å². The third kappa shape index (κ3) is 5.91. The van der Waals surface area contributed by atoms with Crippen LogP contribution in [0.25, 0.3) is 89.4 Å². The van der Waals surface area contributed by atoms with Crippen LogP contribution in [0.3, 0.4) is 0 Å². The van der Waals surface area contributed by atoms with E-state index in [-0.39, 0.29) is 0 Å². The summed E-state index contributed by atoms with van der Waals surface area (Å²) in [6, 6.07) is 56.3. The van der Waals surface area contributed by atoms with Crippen LogP contribution in [0.5, 0.6) is 0 Å². The zero-order chi connectivity index (χ0) is 34.1. The summed E-state index contributed by atoms with van der Waals surface area (Å²) in [5.41, 5.74) is 13.5. The Morgan fingerprint density at radius 3 is 1.69 bits per heavy atom. The van der Waals surface area contributed by atoms with E-state index in [1.54, 1.807) is 6.20 Å². The van der Waals surface area contributed by atoms with Gasteiger partial charge in [0.25, 0.3) is 0 Å². The lowest BCUT2D eigenvalue weighted by Crippen LogP contribution is -1.97. The molecule has 0 radical (unpaired) electrons. The predicted octanol–water partition coefficient (Wildman–Crippen LogP) is 11.3. The van der Waals surface area contributed by atoms with Crippen molar-refractivity contribution in [3.63, 3.8) is 0 Å². The van der Waals surface area contributed by atoms with E-state index in [1.165, 1.54) is 0 Å². The molecule has 240 valence electrons. The van der Waals surface area contributed by atoms with Crippen LogP contribution in [0, 0.1) is 6.92 Å². The Balaban J connectivity index is 1.17. The molecule has 4 heterocycles. The summed E-state index contributed by atoms with van der Waals surface area (Å²) in [6.45, 7) is 2.03. The number of hydrogen-bond donors (Lipinski definition) is 0. The third-order valence-corrected chi connectivity index (χ3v) is 9.20. The molecular weight excluding hydrogens is 623 g/mol. The van der Waals surface area contributed by atoms with E-state index >= 15 is 0 Å². The van der Waals surface area contributed by atoms with E-state index in [2.05, 4.69) is 114 Å². The maximum absolute atomic E-state index is 5.29. The van der Waals surface area contributed by atoms with Gasteiger partial charge in [0, 0.05) is 39.4 Å². The number of benzene rings is 5. The average Bonchev–Trinajstić information content (AvgIpc) is 3.21. The van der Waals surface area contributed by atoms with Gasteiger partial charge in [0.05, 0.1) is 33.8 Å². The standard InChI is InChI=1S/C46H31N5/c1-30-21-22-32-23-24-38-39(31-12-4-2-5-13-31)28-41(49-45(38)44(32)48-30)36-18-10-16-34(26-36)35-17-11-19-37(27-35)42-29-43(40-20-8-9-25-47-40)51-46(50-42)33-14-6-3-7-15-33/h2-29H,1H3. The summed E-state index contributed by atoms with van der Waals surface area (Å²) in [7, 11) is 0. The fourth-order valence-corrected chi connectivity index (χ4v) is 6.65.